The van der Waals surface area contributed by atoms with E-state index in [1.54, 1.807) is 36.5 Å². The lowest BCUT2D eigenvalue weighted by molar-refractivity contribution is -0.154. The number of carboxylic acids is 1. The van der Waals surface area contributed by atoms with Crippen LogP contribution in [0, 0.1) is 6.92 Å². The first-order valence-electron chi connectivity index (χ1n) is 11.5. The predicted molar refractivity (Wildman–Crippen MR) is 150 cm³/mol. The van der Waals surface area contributed by atoms with Crippen molar-refractivity contribution in [2.24, 2.45) is 0 Å². The number of amides is 2. The molecule has 0 aliphatic heterocycles. The molecule has 0 atom stereocenters. The zero-order valence-electron chi connectivity index (χ0n) is 21.2. The van der Waals surface area contributed by atoms with Gasteiger partial charge in [0, 0.05) is 48.0 Å². The van der Waals surface area contributed by atoms with Crippen LogP contribution >= 0.6 is 23.2 Å². The summed E-state index contributed by atoms with van der Waals surface area (Å²) in [4.78, 5) is 42.4. The molecule has 2 heterocycles. The minimum absolute atomic E-state index is 0.130. The highest BCUT2D eigenvalue weighted by molar-refractivity contribution is 6.34. The summed E-state index contributed by atoms with van der Waals surface area (Å²) in [5.74, 6) is -2.73. The molecule has 12 heteroatoms. The van der Waals surface area contributed by atoms with Gasteiger partial charge in [-0.2, -0.15) is 0 Å². The highest BCUT2D eigenvalue weighted by atomic mass is 35.5. The van der Waals surface area contributed by atoms with Crippen LogP contribution in [0.2, 0.25) is 10.0 Å². The second kappa shape index (κ2) is 12.9. The Morgan fingerprint density at radius 1 is 1.00 bits per heavy atom. The van der Waals surface area contributed by atoms with Gasteiger partial charge in [-0.3, -0.25) is 14.6 Å². The Morgan fingerprint density at radius 2 is 1.69 bits per heavy atom. The number of rotatable bonds is 5. The maximum absolute atomic E-state index is 12.9. The summed E-state index contributed by atoms with van der Waals surface area (Å²) in [6, 6.07) is 16.3. The first-order valence-corrected chi connectivity index (χ1v) is 12.2. The Hall–Kier alpha value is -4.41. The van der Waals surface area contributed by atoms with Crippen LogP contribution in [-0.2, 0) is 16.1 Å². The predicted octanol–water partition coefficient (Wildman–Crippen LogP) is 4.78. The molecule has 0 unspecified atom stereocenters. The van der Waals surface area contributed by atoms with Crippen molar-refractivity contribution in [3.8, 4) is 5.75 Å². The fourth-order valence-corrected chi connectivity index (χ4v) is 3.98. The van der Waals surface area contributed by atoms with Crippen molar-refractivity contribution < 1.29 is 24.6 Å². The summed E-state index contributed by atoms with van der Waals surface area (Å²) >= 11 is 12.0. The number of aromatic nitrogens is 2. The lowest BCUT2D eigenvalue weighted by Gasteiger charge is -2.13. The summed E-state index contributed by atoms with van der Waals surface area (Å²) in [5.41, 5.74) is 2.76. The van der Waals surface area contributed by atoms with Crippen molar-refractivity contribution in [1.82, 2.24) is 20.2 Å². The van der Waals surface area contributed by atoms with Crippen molar-refractivity contribution in [2.45, 2.75) is 13.5 Å². The molecule has 2 amide bonds. The highest BCUT2D eigenvalue weighted by Crippen LogP contribution is 2.32. The third-order valence-electron chi connectivity index (χ3n) is 5.20. The van der Waals surface area contributed by atoms with E-state index in [0.717, 1.165) is 21.7 Å². The largest absolute Gasteiger partial charge is 0.504 e. The van der Waals surface area contributed by atoms with E-state index in [-0.39, 0.29) is 23.5 Å². The van der Waals surface area contributed by atoms with Gasteiger partial charge in [-0.15, -0.1) is 0 Å². The fourth-order valence-electron chi connectivity index (χ4n) is 3.41. The summed E-state index contributed by atoms with van der Waals surface area (Å²) in [6.45, 7) is 2.15. The van der Waals surface area contributed by atoms with Crippen molar-refractivity contribution in [3.63, 3.8) is 0 Å². The van der Waals surface area contributed by atoms with Gasteiger partial charge in [0.05, 0.1) is 0 Å². The van der Waals surface area contributed by atoms with Crippen LogP contribution in [0.4, 0.5) is 11.5 Å². The molecule has 10 nitrogen and oxygen atoms in total. The smallest absolute Gasteiger partial charge is 0.394 e. The van der Waals surface area contributed by atoms with Gasteiger partial charge in [0.15, 0.2) is 11.4 Å². The molecular formula is C27H25Cl2N5O5. The van der Waals surface area contributed by atoms with Crippen LogP contribution in [0.25, 0.3) is 10.9 Å². The Kier molecular flexibility index (Phi) is 9.64. The van der Waals surface area contributed by atoms with Gasteiger partial charge in [0.2, 0.25) is 0 Å². The molecule has 0 radical (unpaired) electrons. The minimum Gasteiger partial charge on any atom is -0.504 e. The maximum atomic E-state index is 12.9. The number of fused-ring (bicyclic) bond motifs is 1. The number of likely N-dealkylation sites (N-methyl/N-ethyl adjacent to an activating group) is 1. The molecule has 0 aliphatic carbocycles. The number of pyridine rings is 2. The molecule has 4 rings (SSSR count). The van der Waals surface area contributed by atoms with Crippen LogP contribution in [0.3, 0.4) is 0 Å². The SMILES string of the molecule is CN(C)C(=O)C(=O)O.Cc1cccc(Nc2nc(C(=O)NCc3cc(Cl)cc(Cl)c3)c(O)c3ncccc23)c1. The van der Waals surface area contributed by atoms with Crippen LogP contribution in [-0.4, -0.2) is 57.0 Å². The average Bonchev–Trinajstić information content (AvgIpc) is 2.88. The van der Waals surface area contributed by atoms with E-state index in [9.17, 15) is 19.5 Å². The van der Waals surface area contributed by atoms with Crippen LogP contribution in [0.5, 0.6) is 5.75 Å². The maximum Gasteiger partial charge on any atom is 0.394 e. The van der Waals surface area contributed by atoms with Crippen LogP contribution in [0.1, 0.15) is 21.6 Å². The lowest BCUT2D eigenvalue weighted by atomic mass is 10.1. The third kappa shape index (κ3) is 7.79. The normalized spacial score (nSPS) is 10.3. The van der Waals surface area contributed by atoms with Gasteiger partial charge in [-0.25, -0.2) is 9.78 Å². The first kappa shape index (κ1) is 29.2. The molecule has 39 heavy (non-hydrogen) atoms. The molecule has 0 spiro atoms. The Labute approximate surface area is 234 Å². The molecule has 2 aromatic heterocycles. The van der Waals surface area contributed by atoms with Crippen LogP contribution in [0.15, 0.2) is 60.8 Å². The summed E-state index contributed by atoms with van der Waals surface area (Å²) in [7, 11) is 2.77. The second-order valence-corrected chi connectivity index (χ2v) is 9.39. The zero-order valence-corrected chi connectivity index (χ0v) is 22.7. The summed E-state index contributed by atoms with van der Waals surface area (Å²) in [6.07, 6.45) is 1.55. The quantitative estimate of drug-likeness (QED) is 0.251. The molecular weight excluding hydrogens is 545 g/mol. The molecule has 0 saturated carbocycles. The number of aliphatic carboxylic acids is 1. The van der Waals surface area contributed by atoms with Crippen molar-refractivity contribution in [3.05, 3.63) is 87.7 Å². The highest BCUT2D eigenvalue weighted by Gasteiger charge is 2.20. The average molecular weight is 570 g/mol. The van der Waals surface area contributed by atoms with E-state index in [2.05, 4.69) is 20.6 Å². The van der Waals surface area contributed by atoms with E-state index in [1.807, 2.05) is 31.2 Å². The summed E-state index contributed by atoms with van der Waals surface area (Å²) < 4.78 is 0. The van der Waals surface area contributed by atoms with E-state index < -0.39 is 17.8 Å². The number of carbonyl (C=O) groups is 3. The van der Waals surface area contributed by atoms with E-state index >= 15 is 0 Å². The zero-order chi connectivity index (χ0) is 28.7. The fraction of sp³-hybridized carbons (Fsp3) is 0.148. The van der Waals surface area contributed by atoms with Gasteiger partial charge in [0.25, 0.3) is 5.91 Å². The number of halogens is 2. The van der Waals surface area contributed by atoms with E-state index in [0.29, 0.717) is 21.2 Å². The number of hydrogen-bond acceptors (Lipinski definition) is 7. The number of carbonyl (C=O) groups excluding carboxylic acids is 2. The molecule has 202 valence electrons. The number of anilines is 2. The number of nitrogens with zero attached hydrogens (tertiary/aromatic N) is 3. The number of benzene rings is 2. The molecule has 4 aromatic rings. The molecule has 0 saturated heterocycles. The van der Waals surface area contributed by atoms with Gasteiger partial charge in [-0.1, -0.05) is 35.3 Å². The Morgan fingerprint density at radius 3 is 2.28 bits per heavy atom. The molecule has 0 bridgehead atoms. The number of aryl methyl sites for hydroxylation is 1. The monoisotopic (exact) mass is 569 g/mol. The van der Waals surface area contributed by atoms with Crippen LogP contribution < -0.4 is 10.6 Å². The van der Waals surface area contributed by atoms with Gasteiger partial charge < -0.3 is 25.7 Å². The van der Waals surface area contributed by atoms with Gasteiger partial charge in [-0.05, 0) is 60.5 Å². The Balaban J connectivity index is 0.000000459. The van der Waals surface area contributed by atoms with Crippen molar-refractivity contribution in [1.29, 1.82) is 0 Å². The Bertz CT molecular complexity index is 1520. The van der Waals surface area contributed by atoms with E-state index in [4.69, 9.17) is 28.3 Å². The van der Waals surface area contributed by atoms with Crippen molar-refractivity contribution in [2.75, 3.05) is 19.4 Å². The topological polar surface area (TPSA) is 145 Å². The third-order valence-corrected chi connectivity index (χ3v) is 5.63. The number of aromatic hydroxyl groups is 1. The van der Waals surface area contributed by atoms with E-state index in [1.165, 1.54) is 14.1 Å². The molecule has 2 aromatic carbocycles. The molecule has 4 N–H and O–H groups in total. The number of hydrogen-bond donors (Lipinski definition) is 4. The summed E-state index contributed by atoms with van der Waals surface area (Å²) in [5, 5.41) is 26.1. The van der Waals surface area contributed by atoms with Gasteiger partial charge >= 0.3 is 11.9 Å². The van der Waals surface area contributed by atoms with Crippen molar-refractivity contribution >= 4 is 63.4 Å². The minimum atomic E-state index is -1.42. The molecule has 0 aliphatic rings. The van der Waals surface area contributed by atoms with Gasteiger partial charge in [0.1, 0.15) is 11.3 Å². The number of nitrogens with one attached hydrogen (secondary N) is 2. The lowest BCUT2D eigenvalue weighted by Crippen LogP contribution is -2.29. The molecule has 0 fully saturated rings. The second-order valence-electron chi connectivity index (χ2n) is 8.52. The standard InChI is InChI=1S/C23H18Cl2N4O2.C4H7NO3/c1-13-4-2-5-17(8-13)28-22-18-6-3-7-26-19(18)21(30)20(29-22)23(31)27-12-14-9-15(24)11-16(25)10-14;1-5(2)3(6)4(7)8/h2-11,30H,12H2,1H3,(H,27,31)(H,28,29);1-2H3,(H,7,8). The number of carboxylic acid groups (broad SMARTS) is 1. The first-order chi connectivity index (χ1) is 18.5.